The molecule has 206 valence electrons. The highest BCUT2D eigenvalue weighted by molar-refractivity contribution is 5.84. The van der Waals surface area contributed by atoms with Gasteiger partial charge < -0.3 is 41.6 Å². The number of imidazole rings is 1. The fraction of sp³-hybridized carbons (Fsp3) is 0.370. The Labute approximate surface area is 225 Å². The standard InChI is InChI=1S/C27H33N7O5/c28-10-4-5-11-38-19-12-16(8-9-18(19)17-6-2-1-3-7-17)13-30-27-33-21-24(29)31-15-32-25(21)34(27)26-23(37)22(36)20(14-35)39-26/h1-3,6-9,12,15,20,22-23,26,35-37H,4-5,10-11,13-14,28H2,(H,30,33)(H2,29,31,32)/t20-,22-,23-,26-/m1/s1. The van der Waals surface area contributed by atoms with Crippen LogP contribution in [0.2, 0.25) is 0 Å². The average molecular weight is 536 g/mol. The number of nitrogens with two attached hydrogens (primary N) is 2. The van der Waals surface area contributed by atoms with Crippen molar-refractivity contribution in [2.75, 3.05) is 30.8 Å². The zero-order chi connectivity index (χ0) is 27.4. The number of ether oxygens (including phenoxy) is 2. The first-order valence-corrected chi connectivity index (χ1v) is 12.9. The number of hydrogen-bond donors (Lipinski definition) is 6. The average Bonchev–Trinajstić information content (AvgIpc) is 3.47. The van der Waals surface area contributed by atoms with Gasteiger partial charge in [-0.2, -0.15) is 0 Å². The molecule has 2 aromatic heterocycles. The zero-order valence-electron chi connectivity index (χ0n) is 21.3. The molecule has 8 N–H and O–H groups in total. The molecule has 12 heteroatoms. The summed E-state index contributed by atoms with van der Waals surface area (Å²) in [5.41, 5.74) is 15.3. The topological polar surface area (TPSA) is 187 Å². The number of nitrogens with zero attached hydrogens (tertiary/aromatic N) is 4. The third kappa shape index (κ3) is 5.51. The number of unbranched alkanes of at least 4 members (excludes halogenated alkanes) is 1. The Balaban J connectivity index is 1.44. The van der Waals surface area contributed by atoms with E-state index >= 15 is 0 Å². The van der Waals surface area contributed by atoms with Crippen LogP contribution in [0.5, 0.6) is 5.75 Å². The molecule has 4 atom stereocenters. The van der Waals surface area contributed by atoms with Gasteiger partial charge in [-0.15, -0.1) is 0 Å². The maximum atomic E-state index is 10.7. The van der Waals surface area contributed by atoms with Crippen molar-refractivity contribution in [3.8, 4) is 16.9 Å². The van der Waals surface area contributed by atoms with Crippen molar-refractivity contribution in [2.45, 2.75) is 43.9 Å². The number of aliphatic hydroxyl groups excluding tert-OH is 3. The minimum atomic E-state index is -1.32. The molecule has 1 aliphatic heterocycles. The molecule has 2 aromatic carbocycles. The lowest BCUT2D eigenvalue weighted by Gasteiger charge is -2.20. The number of aromatic nitrogens is 4. The Morgan fingerprint density at radius 1 is 1.05 bits per heavy atom. The van der Waals surface area contributed by atoms with Gasteiger partial charge in [0.15, 0.2) is 23.2 Å². The van der Waals surface area contributed by atoms with E-state index in [0.717, 1.165) is 35.3 Å². The van der Waals surface area contributed by atoms with E-state index in [1.807, 2.05) is 48.5 Å². The number of anilines is 2. The predicted molar refractivity (Wildman–Crippen MR) is 146 cm³/mol. The van der Waals surface area contributed by atoms with Crippen molar-refractivity contribution in [1.29, 1.82) is 0 Å². The van der Waals surface area contributed by atoms with Crippen LogP contribution < -0.4 is 21.5 Å². The van der Waals surface area contributed by atoms with E-state index in [1.165, 1.54) is 10.9 Å². The molecule has 1 saturated heterocycles. The number of hydrogen-bond acceptors (Lipinski definition) is 11. The number of nitrogen functional groups attached to an aromatic ring is 1. The monoisotopic (exact) mass is 535 g/mol. The molecule has 1 fully saturated rings. The van der Waals surface area contributed by atoms with Crippen LogP contribution in [-0.2, 0) is 11.3 Å². The maximum Gasteiger partial charge on any atom is 0.207 e. The van der Waals surface area contributed by atoms with Crippen LogP contribution in [-0.4, -0.2) is 72.9 Å². The summed E-state index contributed by atoms with van der Waals surface area (Å²) in [6.07, 6.45) is -1.60. The molecular weight excluding hydrogens is 502 g/mol. The molecule has 4 aromatic rings. The van der Waals surface area contributed by atoms with Crippen LogP contribution in [0.4, 0.5) is 11.8 Å². The lowest BCUT2D eigenvalue weighted by Crippen LogP contribution is -2.33. The first-order valence-electron chi connectivity index (χ1n) is 12.9. The second kappa shape index (κ2) is 11.9. The molecule has 0 amide bonds. The van der Waals surface area contributed by atoms with Gasteiger partial charge in [-0.3, -0.25) is 4.57 Å². The molecule has 0 radical (unpaired) electrons. The van der Waals surface area contributed by atoms with Gasteiger partial charge in [-0.1, -0.05) is 42.5 Å². The summed E-state index contributed by atoms with van der Waals surface area (Å²) >= 11 is 0. The Morgan fingerprint density at radius 2 is 1.87 bits per heavy atom. The van der Waals surface area contributed by atoms with Gasteiger partial charge in [0.1, 0.15) is 30.4 Å². The molecule has 12 nitrogen and oxygen atoms in total. The molecule has 0 unspecified atom stereocenters. The van der Waals surface area contributed by atoms with Gasteiger partial charge in [0.2, 0.25) is 5.95 Å². The van der Waals surface area contributed by atoms with Gasteiger partial charge in [0.05, 0.1) is 13.2 Å². The van der Waals surface area contributed by atoms with Gasteiger partial charge in [-0.25, -0.2) is 15.0 Å². The van der Waals surface area contributed by atoms with Gasteiger partial charge in [0, 0.05) is 12.1 Å². The third-order valence-electron chi connectivity index (χ3n) is 6.71. The Morgan fingerprint density at radius 3 is 2.62 bits per heavy atom. The van der Waals surface area contributed by atoms with E-state index < -0.39 is 31.1 Å². The predicted octanol–water partition coefficient (Wildman–Crippen LogP) is 1.42. The second-order valence-corrected chi connectivity index (χ2v) is 9.36. The van der Waals surface area contributed by atoms with Crippen molar-refractivity contribution in [3.63, 3.8) is 0 Å². The number of nitrogens with one attached hydrogen (secondary N) is 1. The van der Waals surface area contributed by atoms with Crippen molar-refractivity contribution in [3.05, 3.63) is 60.4 Å². The van der Waals surface area contributed by atoms with Crippen LogP contribution >= 0.6 is 0 Å². The van der Waals surface area contributed by atoms with E-state index in [0.29, 0.717) is 36.8 Å². The van der Waals surface area contributed by atoms with Crippen molar-refractivity contribution in [2.24, 2.45) is 5.73 Å². The van der Waals surface area contributed by atoms with Crippen molar-refractivity contribution >= 4 is 22.9 Å². The Kier molecular flexibility index (Phi) is 8.19. The van der Waals surface area contributed by atoms with E-state index in [4.69, 9.17) is 20.9 Å². The summed E-state index contributed by atoms with van der Waals surface area (Å²) < 4.78 is 13.5. The lowest BCUT2D eigenvalue weighted by atomic mass is 10.0. The van der Waals surface area contributed by atoms with E-state index in [2.05, 4.69) is 20.3 Å². The first kappa shape index (κ1) is 26.8. The smallest absolute Gasteiger partial charge is 0.207 e. The SMILES string of the molecule is NCCCCOc1cc(CNc2nc3c(N)ncnc3n2[C@@H]2O[C@H](CO)[C@@H](O)[C@H]2O)ccc1-c1ccccc1. The van der Waals surface area contributed by atoms with Crippen LogP contribution in [0, 0.1) is 0 Å². The normalized spacial score (nSPS) is 20.9. The molecule has 0 spiro atoms. The van der Waals surface area contributed by atoms with E-state index in [-0.39, 0.29) is 5.82 Å². The summed E-state index contributed by atoms with van der Waals surface area (Å²) in [5, 5.41) is 33.9. The van der Waals surface area contributed by atoms with Crippen LogP contribution in [0.1, 0.15) is 24.6 Å². The number of benzene rings is 2. The Hall–Kier alpha value is -3.81. The molecule has 0 aliphatic carbocycles. The highest BCUT2D eigenvalue weighted by atomic mass is 16.6. The number of aliphatic hydroxyl groups is 3. The van der Waals surface area contributed by atoms with Crippen LogP contribution in [0.15, 0.2) is 54.9 Å². The van der Waals surface area contributed by atoms with Crippen LogP contribution in [0.25, 0.3) is 22.3 Å². The van der Waals surface area contributed by atoms with Gasteiger partial charge >= 0.3 is 0 Å². The molecule has 1 aliphatic rings. The zero-order valence-corrected chi connectivity index (χ0v) is 21.3. The first-order chi connectivity index (χ1) is 19.0. The van der Waals surface area contributed by atoms with Crippen LogP contribution in [0.3, 0.4) is 0 Å². The summed E-state index contributed by atoms with van der Waals surface area (Å²) in [4.78, 5) is 12.9. The van der Waals surface area contributed by atoms with Crippen molar-refractivity contribution in [1.82, 2.24) is 19.5 Å². The summed E-state index contributed by atoms with van der Waals surface area (Å²) in [6.45, 7) is 1.06. The fourth-order valence-electron chi connectivity index (χ4n) is 4.65. The quantitative estimate of drug-likeness (QED) is 0.152. The Bertz CT molecular complexity index is 1400. The van der Waals surface area contributed by atoms with Gasteiger partial charge in [0.25, 0.3) is 0 Å². The van der Waals surface area contributed by atoms with E-state index in [9.17, 15) is 15.3 Å². The number of rotatable bonds is 11. The van der Waals surface area contributed by atoms with Crippen molar-refractivity contribution < 1.29 is 24.8 Å². The highest BCUT2D eigenvalue weighted by Crippen LogP contribution is 2.36. The maximum absolute atomic E-state index is 10.7. The molecule has 0 bridgehead atoms. The summed E-state index contributed by atoms with van der Waals surface area (Å²) in [5.74, 6) is 1.23. The molecule has 3 heterocycles. The second-order valence-electron chi connectivity index (χ2n) is 9.36. The molecule has 39 heavy (non-hydrogen) atoms. The molecular formula is C27H33N7O5. The number of fused-ring (bicyclic) bond motifs is 1. The summed E-state index contributed by atoms with van der Waals surface area (Å²) in [7, 11) is 0. The highest BCUT2D eigenvalue weighted by Gasteiger charge is 2.45. The summed E-state index contributed by atoms with van der Waals surface area (Å²) in [6, 6.07) is 16.0. The minimum Gasteiger partial charge on any atom is -0.493 e. The van der Waals surface area contributed by atoms with E-state index in [1.54, 1.807) is 0 Å². The van der Waals surface area contributed by atoms with Gasteiger partial charge in [-0.05, 0) is 36.6 Å². The minimum absolute atomic E-state index is 0.161. The molecule has 0 saturated carbocycles. The lowest BCUT2D eigenvalue weighted by molar-refractivity contribution is -0.0501. The molecule has 5 rings (SSSR count). The largest absolute Gasteiger partial charge is 0.493 e. The third-order valence-corrected chi connectivity index (χ3v) is 6.71. The fourth-order valence-corrected chi connectivity index (χ4v) is 4.65.